The second-order valence-corrected chi connectivity index (χ2v) is 5.02. The van der Waals surface area contributed by atoms with E-state index in [0.717, 1.165) is 25.2 Å². The van der Waals surface area contributed by atoms with E-state index in [0.29, 0.717) is 5.16 Å². The molecule has 4 nitrogen and oxygen atoms in total. The molecule has 0 spiro atoms. The van der Waals surface area contributed by atoms with Gasteiger partial charge in [0.1, 0.15) is 0 Å². The van der Waals surface area contributed by atoms with Crippen LogP contribution in [-0.2, 0) is 10.8 Å². The molecule has 76 valence electrons. The van der Waals surface area contributed by atoms with Gasteiger partial charge in [-0.3, -0.25) is 4.21 Å². The number of nitrogens with zero attached hydrogens (tertiary/aromatic N) is 2. The molecule has 2 rings (SSSR count). The lowest BCUT2D eigenvalue weighted by Gasteiger charge is -2.06. The molecule has 1 saturated heterocycles. The van der Waals surface area contributed by atoms with Crippen LogP contribution in [0.25, 0.3) is 0 Å². The van der Waals surface area contributed by atoms with E-state index in [1.165, 1.54) is 0 Å². The summed E-state index contributed by atoms with van der Waals surface area (Å²) in [5.74, 6) is 0. The molecule has 2 atom stereocenters. The molecule has 5 heteroatoms. The summed E-state index contributed by atoms with van der Waals surface area (Å²) in [6.45, 7) is 3.64. The molecule has 1 fully saturated rings. The SMILES string of the molecule is Cc1ccnc(S(=O)[C@@H]2CCNC2)n1. The summed E-state index contributed by atoms with van der Waals surface area (Å²) in [5.41, 5.74) is 0.870. The van der Waals surface area contributed by atoms with Crippen LogP contribution in [-0.4, -0.2) is 32.5 Å². The maximum Gasteiger partial charge on any atom is 0.218 e. The molecule has 1 N–H and O–H groups in total. The zero-order valence-corrected chi connectivity index (χ0v) is 8.88. The molecule has 1 aliphatic heterocycles. The summed E-state index contributed by atoms with van der Waals surface area (Å²) in [4.78, 5) is 8.22. The van der Waals surface area contributed by atoms with E-state index in [9.17, 15) is 4.21 Å². The fourth-order valence-electron chi connectivity index (χ4n) is 1.48. The van der Waals surface area contributed by atoms with Crippen molar-refractivity contribution in [3.63, 3.8) is 0 Å². The second-order valence-electron chi connectivity index (χ2n) is 3.39. The fraction of sp³-hybridized carbons (Fsp3) is 0.556. The molecule has 0 aliphatic carbocycles. The van der Waals surface area contributed by atoms with Crippen LogP contribution in [0, 0.1) is 6.92 Å². The van der Waals surface area contributed by atoms with Crippen molar-refractivity contribution >= 4 is 10.8 Å². The Balaban J connectivity index is 2.17. The first-order chi connectivity index (χ1) is 6.77. The summed E-state index contributed by atoms with van der Waals surface area (Å²) in [7, 11) is -1.05. The summed E-state index contributed by atoms with van der Waals surface area (Å²) >= 11 is 0. The number of rotatable bonds is 2. The summed E-state index contributed by atoms with van der Waals surface area (Å²) in [5, 5.41) is 3.84. The number of hydrogen-bond donors (Lipinski definition) is 1. The average Bonchev–Trinajstić information content (AvgIpc) is 2.69. The van der Waals surface area contributed by atoms with Gasteiger partial charge in [-0.1, -0.05) is 0 Å². The largest absolute Gasteiger partial charge is 0.315 e. The highest BCUT2D eigenvalue weighted by Crippen LogP contribution is 2.12. The van der Waals surface area contributed by atoms with Gasteiger partial charge in [0.05, 0.1) is 16.0 Å². The first-order valence-electron chi connectivity index (χ1n) is 4.68. The van der Waals surface area contributed by atoms with Gasteiger partial charge in [0.25, 0.3) is 0 Å². The summed E-state index contributed by atoms with van der Waals surface area (Å²) in [6.07, 6.45) is 2.61. The molecule has 0 saturated carbocycles. The molecule has 1 aromatic rings. The lowest BCUT2D eigenvalue weighted by molar-refractivity contribution is 0.663. The fourth-order valence-corrected chi connectivity index (χ4v) is 2.78. The van der Waals surface area contributed by atoms with Crippen LogP contribution < -0.4 is 5.32 Å². The van der Waals surface area contributed by atoms with Crippen molar-refractivity contribution in [2.75, 3.05) is 13.1 Å². The Labute approximate surface area is 85.6 Å². The Morgan fingerprint density at radius 1 is 1.64 bits per heavy atom. The third-order valence-corrected chi connectivity index (χ3v) is 3.83. The molecule has 0 amide bonds. The number of nitrogens with one attached hydrogen (secondary N) is 1. The van der Waals surface area contributed by atoms with Crippen LogP contribution in [0.5, 0.6) is 0 Å². The highest BCUT2D eigenvalue weighted by Gasteiger charge is 2.23. The van der Waals surface area contributed by atoms with Crippen LogP contribution in [0.2, 0.25) is 0 Å². The molecule has 0 bridgehead atoms. The van der Waals surface area contributed by atoms with Gasteiger partial charge in [0.2, 0.25) is 5.16 Å². The zero-order valence-electron chi connectivity index (χ0n) is 8.06. The summed E-state index contributed by atoms with van der Waals surface area (Å²) < 4.78 is 11.9. The molecule has 1 aliphatic rings. The van der Waals surface area contributed by atoms with Crippen LogP contribution >= 0.6 is 0 Å². The maximum absolute atomic E-state index is 11.9. The number of aryl methyl sites for hydroxylation is 1. The molecule has 1 unspecified atom stereocenters. The first-order valence-corrected chi connectivity index (χ1v) is 5.89. The Morgan fingerprint density at radius 3 is 3.14 bits per heavy atom. The van der Waals surface area contributed by atoms with Crippen molar-refractivity contribution in [1.82, 2.24) is 15.3 Å². The second kappa shape index (κ2) is 4.14. The Hall–Kier alpha value is -0.810. The van der Waals surface area contributed by atoms with Gasteiger partial charge < -0.3 is 5.32 Å². The van der Waals surface area contributed by atoms with Crippen LogP contribution in [0.1, 0.15) is 12.1 Å². The minimum absolute atomic E-state index is 0.178. The highest BCUT2D eigenvalue weighted by atomic mass is 32.2. The van der Waals surface area contributed by atoms with E-state index >= 15 is 0 Å². The van der Waals surface area contributed by atoms with Crippen LogP contribution in [0.15, 0.2) is 17.4 Å². The van der Waals surface area contributed by atoms with Crippen LogP contribution in [0.4, 0.5) is 0 Å². The maximum atomic E-state index is 11.9. The topological polar surface area (TPSA) is 54.9 Å². The average molecular weight is 211 g/mol. The van der Waals surface area contributed by atoms with Crippen molar-refractivity contribution in [2.45, 2.75) is 23.8 Å². The monoisotopic (exact) mass is 211 g/mol. The zero-order chi connectivity index (χ0) is 9.97. The van der Waals surface area contributed by atoms with Crippen LogP contribution in [0.3, 0.4) is 0 Å². The Morgan fingerprint density at radius 2 is 2.50 bits per heavy atom. The van der Waals surface area contributed by atoms with Gasteiger partial charge in [-0.15, -0.1) is 0 Å². The normalized spacial score (nSPS) is 23.6. The Kier molecular flexibility index (Phi) is 2.88. The van der Waals surface area contributed by atoms with Gasteiger partial charge in [-0.05, 0) is 26.0 Å². The standard InChI is InChI=1S/C9H13N3OS/c1-7-2-5-11-9(12-7)14(13)8-3-4-10-6-8/h2,5,8,10H,3-4,6H2,1H3/t8-,14?/m1/s1. The predicted molar refractivity (Wildman–Crippen MR) is 54.5 cm³/mol. The highest BCUT2D eigenvalue weighted by molar-refractivity contribution is 7.85. The molecule has 0 aromatic carbocycles. The number of aromatic nitrogens is 2. The van der Waals surface area contributed by atoms with Crippen molar-refractivity contribution in [3.8, 4) is 0 Å². The smallest absolute Gasteiger partial charge is 0.218 e. The number of hydrogen-bond acceptors (Lipinski definition) is 4. The molecule has 0 radical (unpaired) electrons. The van der Waals surface area contributed by atoms with Crippen molar-refractivity contribution in [3.05, 3.63) is 18.0 Å². The summed E-state index contributed by atoms with van der Waals surface area (Å²) in [6, 6.07) is 1.81. The van der Waals surface area contributed by atoms with E-state index in [1.807, 2.05) is 13.0 Å². The van der Waals surface area contributed by atoms with Gasteiger partial charge in [-0.2, -0.15) is 0 Å². The molecule has 2 heterocycles. The van der Waals surface area contributed by atoms with Crippen molar-refractivity contribution < 1.29 is 4.21 Å². The first kappa shape index (κ1) is 9.73. The van der Waals surface area contributed by atoms with Crippen molar-refractivity contribution in [1.29, 1.82) is 0 Å². The lowest BCUT2D eigenvalue weighted by atomic mass is 10.4. The van der Waals surface area contributed by atoms with Gasteiger partial charge in [-0.25, -0.2) is 9.97 Å². The van der Waals surface area contributed by atoms with E-state index in [4.69, 9.17) is 0 Å². The quantitative estimate of drug-likeness (QED) is 0.713. The minimum atomic E-state index is -1.05. The predicted octanol–water partition coefficient (Wildman–Crippen LogP) is 0.255. The van der Waals surface area contributed by atoms with E-state index in [-0.39, 0.29) is 5.25 Å². The third kappa shape index (κ3) is 1.99. The van der Waals surface area contributed by atoms with Gasteiger partial charge >= 0.3 is 0 Å². The molecular weight excluding hydrogens is 198 g/mol. The molecule has 14 heavy (non-hydrogen) atoms. The van der Waals surface area contributed by atoms with Crippen molar-refractivity contribution in [2.24, 2.45) is 0 Å². The van der Waals surface area contributed by atoms with Gasteiger partial charge in [0.15, 0.2) is 0 Å². The molecular formula is C9H13N3OS. The van der Waals surface area contributed by atoms with E-state index in [1.54, 1.807) is 6.20 Å². The minimum Gasteiger partial charge on any atom is -0.315 e. The molecule has 1 aromatic heterocycles. The lowest BCUT2D eigenvalue weighted by Crippen LogP contribution is -2.20. The van der Waals surface area contributed by atoms with Gasteiger partial charge in [0, 0.05) is 18.4 Å². The van der Waals surface area contributed by atoms with E-state index < -0.39 is 10.8 Å². The van der Waals surface area contributed by atoms with E-state index in [2.05, 4.69) is 15.3 Å². The third-order valence-electron chi connectivity index (χ3n) is 2.27. The Bertz CT molecular complexity index is 350.